The molecule has 4 aromatic rings. The minimum absolute atomic E-state index is 0.0145. The molecule has 2 amide bonds. The number of nitrogens with zero attached hydrogens (tertiary/aromatic N) is 5. The number of carbonyl (C=O) groups is 4. The number of halogens is 1. The van der Waals surface area contributed by atoms with Crippen molar-refractivity contribution in [2.24, 2.45) is 46.8 Å². The number of benzene rings is 4. The predicted molar refractivity (Wildman–Crippen MR) is 435 cm³/mol. The second-order valence-corrected chi connectivity index (χ2v) is 34.4. The third-order valence-electron chi connectivity index (χ3n) is 24.6. The number of amides is 2. The van der Waals surface area contributed by atoms with Crippen LogP contribution < -0.4 is 35.8 Å². The van der Waals surface area contributed by atoms with Crippen LogP contribution >= 0.6 is 22.6 Å². The van der Waals surface area contributed by atoms with Crippen LogP contribution in [0.3, 0.4) is 0 Å². The summed E-state index contributed by atoms with van der Waals surface area (Å²) in [5.74, 6) is 0.274. The van der Waals surface area contributed by atoms with Crippen molar-refractivity contribution < 1.29 is 87.7 Å². The number of fused-ring (bicyclic) bond motifs is 2. The van der Waals surface area contributed by atoms with E-state index in [0.717, 1.165) is 110 Å². The molecule has 15 atom stereocenters. The lowest BCUT2D eigenvalue weighted by Crippen LogP contribution is -2.62. The highest BCUT2D eigenvalue weighted by molar-refractivity contribution is 14.1. The zero-order valence-electron chi connectivity index (χ0n) is 68.0. The van der Waals surface area contributed by atoms with Crippen LogP contribution in [0, 0.1) is 50.4 Å². The highest BCUT2D eigenvalue weighted by Crippen LogP contribution is 2.61. The topological polar surface area (TPSA) is 316 Å². The number of aromatic carboxylic acids is 2. The average Bonchev–Trinajstić information content (AvgIpc) is 1.56. The van der Waals surface area contributed by atoms with E-state index < -0.39 is 78.6 Å². The Kier molecular flexibility index (Phi) is 32.4. The van der Waals surface area contributed by atoms with Gasteiger partial charge in [0.05, 0.1) is 90.8 Å². The summed E-state index contributed by atoms with van der Waals surface area (Å²) in [6.07, 6.45) is 3.21. The van der Waals surface area contributed by atoms with Crippen LogP contribution in [0.5, 0.6) is 11.5 Å². The van der Waals surface area contributed by atoms with Gasteiger partial charge in [0.15, 0.2) is 0 Å². The number of carbonyl (C=O) groups excluding carboxylic acids is 2. The highest BCUT2D eigenvalue weighted by atomic mass is 127. The van der Waals surface area contributed by atoms with Gasteiger partial charge < -0.3 is 79.7 Å². The number of morpholine rings is 2. The van der Waals surface area contributed by atoms with Crippen molar-refractivity contribution in [3.05, 3.63) is 105 Å². The number of anilines is 1. The number of aliphatic hydroxyl groups excluding tert-OH is 4. The summed E-state index contributed by atoms with van der Waals surface area (Å²) in [6, 6.07) is 22.1. The summed E-state index contributed by atoms with van der Waals surface area (Å²) in [5.41, 5.74) is 4.38. The summed E-state index contributed by atoms with van der Waals surface area (Å²) in [4.78, 5) is 70.2. The zero-order chi connectivity index (χ0) is 80.8. The van der Waals surface area contributed by atoms with E-state index in [1.807, 2.05) is 109 Å². The molecule has 1 unspecified atom stereocenters. The molecule has 5 aliphatic heterocycles. The number of aliphatic hydroxyl groups is 4. The molecule has 4 aliphatic carbocycles. The smallest absolute Gasteiger partial charge is 0.491 e. The number of hydrogen-bond donors (Lipinski definition) is 9. The van der Waals surface area contributed by atoms with Gasteiger partial charge in [-0.15, -0.1) is 0 Å². The number of nitrogens with one attached hydrogen (secondary N) is 3. The Hall–Kier alpha value is -5.65. The van der Waals surface area contributed by atoms with Gasteiger partial charge in [-0.3, -0.25) is 29.1 Å². The maximum Gasteiger partial charge on any atom is 0.494 e. The molecule has 616 valence electrons. The molecule has 0 radical (unpaired) electrons. The van der Waals surface area contributed by atoms with Crippen molar-refractivity contribution in [2.75, 3.05) is 125 Å². The van der Waals surface area contributed by atoms with E-state index >= 15 is 0 Å². The Bertz CT molecular complexity index is 3680. The van der Waals surface area contributed by atoms with E-state index in [-0.39, 0.29) is 54.8 Å². The lowest BCUT2D eigenvalue weighted by molar-refractivity contribution is -0.183. The fourth-order valence-electron chi connectivity index (χ4n) is 17.0. The molecule has 9 aliphatic rings. The van der Waals surface area contributed by atoms with Gasteiger partial charge in [-0.2, -0.15) is 10.1 Å². The van der Waals surface area contributed by atoms with Gasteiger partial charge in [0, 0.05) is 99.7 Å². The van der Waals surface area contributed by atoms with E-state index in [2.05, 4.69) is 83.0 Å². The predicted octanol–water partition coefficient (Wildman–Crippen LogP) is 7.82. The molecule has 28 heteroatoms. The minimum Gasteiger partial charge on any atom is -0.491 e. The second-order valence-electron chi connectivity index (χ2n) is 33.2. The Morgan fingerprint density at radius 3 is 1.65 bits per heavy atom. The Balaban J connectivity index is 0.000000206. The molecule has 13 rings (SSSR count). The van der Waals surface area contributed by atoms with Crippen molar-refractivity contribution in [2.45, 2.75) is 188 Å². The monoisotopic (exact) mass is 1660 g/mol. The molecule has 4 aromatic carbocycles. The van der Waals surface area contributed by atoms with Crippen LogP contribution in [-0.2, 0) is 51.1 Å². The third kappa shape index (κ3) is 22.1. The number of para-hydroxylation sites is 2. The Labute approximate surface area is 671 Å². The van der Waals surface area contributed by atoms with E-state index in [4.69, 9.17) is 43.0 Å². The maximum absolute atomic E-state index is 14.2. The number of hydroxylamine groups is 4. The second kappa shape index (κ2) is 40.3. The molecule has 0 aromatic heterocycles. The molecule has 5 saturated heterocycles. The molecule has 111 heavy (non-hydrogen) atoms. The van der Waals surface area contributed by atoms with Crippen LogP contribution in [0.15, 0.2) is 78.9 Å². The van der Waals surface area contributed by atoms with Gasteiger partial charge in [-0.25, -0.2) is 9.59 Å². The molecule has 5 heterocycles. The summed E-state index contributed by atoms with van der Waals surface area (Å²) >= 11 is 2.28. The summed E-state index contributed by atoms with van der Waals surface area (Å²) in [5, 5.41) is 73.7. The quantitative estimate of drug-likeness (QED) is 0.0214. The van der Waals surface area contributed by atoms with E-state index in [1.165, 1.54) is 6.42 Å². The first kappa shape index (κ1) is 89.3. The van der Waals surface area contributed by atoms with Crippen LogP contribution in [0.2, 0.25) is 0 Å². The Morgan fingerprint density at radius 1 is 0.658 bits per heavy atom. The number of carboxylic acid groups (broad SMARTS) is 2. The van der Waals surface area contributed by atoms with Gasteiger partial charge in [-0.1, -0.05) is 89.9 Å². The van der Waals surface area contributed by atoms with Gasteiger partial charge in [0.25, 0.3) is 0 Å². The largest absolute Gasteiger partial charge is 0.494 e. The SMILES string of the molecule is CC1(C)OB(c2cccc(C(=O)O)c2)OC1(C)C.CC[C@@H]1CC[C@H](C)[C@@H](NC(=O)[C@@H]2[C@H]([C@H](C)O)[C@H](CO)ON2Cc2cccc(-c3cc(C(=O)O)cc(N(C)C)c3)c2OCCN2CCOCC2)C1.CNC.C[C@H](O)[C@@H]1[C@H](CO)ON(Cc2cccc(I)c2OCCN2CCOCC2)[C@@H]1C(=O)N[C@H]1C[C@H]2CC([C@@H]1C)C2(C)C. The minimum atomic E-state index is -1.03. The number of carboxylic acids is 2. The summed E-state index contributed by atoms with van der Waals surface area (Å²) in [7, 11) is 6.96. The normalized spacial score (nSPS) is 28.1. The molecule has 0 spiro atoms. The van der Waals surface area contributed by atoms with Crippen LogP contribution in [-0.4, -0.2) is 262 Å². The first-order valence-electron chi connectivity index (χ1n) is 39.9. The first-order valence-corrected chi connectivity index (χ1v) is 41.0. The zero-order valence-corrected chi connectivity index (χ0v) is 70.2. The van der Waals surface area contributed by atoms with Crippen molar-refractivity contribution in [3.8, 4) is 22.6 Å². The molecule has 4 saturated carbocycles. The Morgan fingerprint density at radius 2 is 1.16 bits per heavy atom. The molecular weight excluding hydrogens is 1530 g/mol. The van der Waals surface area contributed by atoms with Crippen molar-refractivity contribution in [1.29, 1.82) is 0 Å². The number of rotatable bonds is 26. The fourth-order valence-corrected chi connectivity index (χ4v) is 17.8. The standard InChI is InChI=1S/C38H56N4O8.C30H46IN3O6.C13H17BO4.C2H7N/c1-6-26-11-10-24(2)32(18-26)39-37(45)35-34(25(3)44)33(23-43)50-42(35)22-27-8-7-9-31(36(27)49-17-14-41-12-15-48-16-13-41)28-19-29(38(46)47)21-30(20-28)40(4)5;1-18-22-14-21(30(22,3)4)15-24(18)32-29(37)27-26(19(2)36)25(17-35)40-34(27)16-20-6-5-7-23(31)28(20)39-13-10-33-8-11-38-12-9-33;1-12(2)13(3,4)18-14(17-12)10-7-5-6-9(8-10)11(15)16;1-3-2/h7-9,19-21,24-26,32-35,43-44H,6,10-18,22-23H2,1-5H3,(H,39,45)(H,46,47);5-7,18-19,21-22,24-27,35-36H,8-17H2,1-4H3,(H,32,37);5-8H,1-4H3,(H,15,16);3H,1-2H3/t24-,25-,26+,32-,33-,34+,35-;18-,19-,21+,22?,24-,25-,26+,27-;;/m00../s1. The number of hydrogen-bond acceptors (Lipinski definition) is 22. The number of ether oxygens (including phenoxy) is 4. The van der Waals surface area contributed by atoms with Crippen molar-refractivity contribution in [1.82, 2.24) is 35.9 Å². The van der Waals surface area contributed by atoms with Gasteiger partial charge in [0.2, 0.25) is 11.8 Å². The summed E-state index contributed by atoms with van der Waals surface area (Å²) in [6.45, 7) is 31.0. The third-order valence-corrected chi connectivity index (χ3v) is 25.5. The summed E-state index contributed by atoms with van der Waals surface area (Å²) < 4.78 is 36.6. The molecule has 26 nitrogen and oxygen atoms in total. The van der Waals surface area contributed by atoms with Gasteiger partial charge in [-0.05, 0) is 186 Å². The molecular formula is C83H126BIN8O18. The highest BCUT2D eigenvalue weighted by Gasteiger charge is 2.58. The van der Waals surface area contributed by atoms with E-state index in [1.54, 1.807) is 54.3 Å². The van der Waals surface area contributed by atoms with E-state index in [0.29, 0.717) is 91.4 Å². The fraction of sp³-hybridized carbons (Fsp3) is 0.663. The average molecular weight is 1660 g/mol. The maximum atomic E-state index is 14.2. The molecule has 9 N–H and O–H groups in total. The van der Waals surface area contributed by atoms with Gasteiger partial charge >= 0.3 is 19.1 Å². The molecule has 9 fully saturated rings. The lowest BCUT2D eigenvalue weighted by Gasteiger charge is -2.62. The lowest BCUT2D eigenvalue weighted by atomic mass is 9.45. The van der Waals surface area contributed by atoms with Crippen LogP contribution in [0.4, 0.5) is 5.69 Å². The van der Waals surface area contributed by atoms with Crippen molar-refractivity contribution >= 4 is 64.6 Å². The molecule has 2 bridgehead atoms. The van der Waals surface area contributed by atoms with Crippen LogP contribution in [0.1, 0.15) is 147 Å². The van der Waals surface area contributed by atoms with Gasteiger partial charge in [0.1, 0.15) is 49.0 Å². The van der Waals surface area contributed by atoms with Crippen LogP contribution in [0.25, 0.3) is 11.1 Å². The van der Waals surface area contributed by atoms with E-state index in [9.17, 15) is 44.7 Å². The first-order chi connectivity index (χ1) is 52.8. The van der Waals surface area contributed by atoms with Crippen molar-refractivity contribution in [3.63, 3.8) is 0 Å².